The molecular formula is C15H21N3O2. The van der Waals surface area contributed by atoms with Gasteiger partial charge in [-0.25, -0.2) is 0 Å². The largest absolute Gasteiger partial charge is 0.326 e. The number of nitrogens with one attached hydrogen (secondary N) is 3. The van der Waals surface area contributed by atoms with E-state index in [2.05, 4.69) is 16.0 Å². The van der Waals surface area contributed by atoms with Crippen molar-refractivity contribution in [3.05, 3.63) is 23.8 Å². The number of aryl methyl sites for hydroxylation is 1. The number of rotatable bonds is 3. The van der Waals surface area contributed by atoms with Gasteiger partial charge in [0.15, 0.2) is 0 Å². The van der Waals surface area contributed by atoms with Crippen LogP contribution in [0.2, 0.25) is 0 Å². The van der Waals surface area contributed by atoms with Crippen LogP contribution in [0.4, 0.5) is 11.4 Å². The van der Waals surface area contributed by atoms with Crippen LogP contribution in [0.15, 0.2) is 18.2 Å². The van der Waals surface area contributed by atoms with Crippen molar-refractivity contribution < 1.29 is 9.59 Å². The van der Waals surface area contributed by atoms with Gasteiger partial charge in [0.05, 0.1) is 6.04 Å². The second-order valence-electron chi connectivity index (χ2n) is 5.20. The van der Waals surface area contributed by atoms with Gasteiger partial charge >= 0.3 is 0 Å². The number of benzene rings is 1. The fourth-order valence-electron chi connectivity index (χ4n) is 2.33. The summed E-state index contributed by atoms with van der Waals surface area (Å²) in [4.78, 5) is 23.3. The standard InChI is InChI=1S/C15H21N3O2/c1-10-6-7-12(9-14(10)17-11(2)19)18-15(20)13-5-3-4-8-16-13/h6-7,9,13,16H,3-5,8H2,1-2H3,(H,17,19)(H,18,20)/t13-/m1/s1. The summed E-state index contributed by atoms with van der Waals surface area (Å²) < 4.78 is 0. The van der Waals surface area contributed by atoms with E-state index < -0.39 is 0 Å². The minimum atomic E-state index is -0.120. The van der Waals surface area contributed by atoms with E-state index in [-0.39, 0.29) is 17.9 Å². The average molecular weight is 275 g/mol. The summed E-state index contributed by atoms with van der Waals surface area (Å²) in [6.07, 6.45) is 3.08. The second kappa shape index (κ2) is 6.52. The lowest BCUT2D eigenvalue weighted by atomic mass is 10.0. The Kier molecular flexibility index (Phi) is 4.74. The normalized spacial score (nSPS) is 18.4. The Balaban J connectivity index is 2.05. The van der Waals surface area contributed by atoms with Gasteiger partial charge < -0.3 is 16.0 Å². The van der Waals surface area contributed by atoms with Gasteiger partial charge in [-0.05, 0) is 44.0 Å². The first kappa shape index (κ1) is 14.5. The fraction of sp³-hybridized carbons (Fsp3) is 0.467. The van der Waals surface area contributed by atoms with Gasteiger partial charge in [0.1, 0.15) is 0 Å². The quantitative estimate of drug-likeness (QED) is 0.790. The van der Waals surface area contributed by atoms with Crippen molar-refractivity contribution in [3.63, 3.8) is 0 Å². The monoisotopic (exact) mass is 275 g/mol. The molecule has 5 nitrogen and oxygen atoms in total. The van der Waals surface area contributed by atoms with E-state index in [0.29, 0.717) is 5.69 Å². The molecule has 1 fully saturated rings. The maximum atomic E-state index is 12.1. The van der Waals surface area contributed by atoms with Gasteiger partial charge in [-0.15, -0.1) is 0 Å². The lowest BCUT2D eigenvalue weighted by Gasteiger charge is -2.22. The molecule has 1 atom stereocenters. The molecule has 1 heterocycles. The Morgan fingerprint density at radius 1 is 1.25 bits per heavy atom. The molecule has 1 aliphatic rings. The van der Waals surface area contributed by atoms with Crippen molar-refractivity contribution in [1.29, 1.82) is 0 Å². The van der Waals surface area contributed by atoms with Gasteiger partial charge in [0.2, 0.25) is 11.8 Å². The van der Waals surface area contributed by atoms with Crippen LogP contribution in [-0.4, -0.2) is 24.4 Å². The maximum absolute atomic E-state index is 12.1. The molecule has 0 aromatic heterocycles. The first-order valence-electron chi connectivity index (χ1n) is 6.99. The van der Waals surface area contributed by atoms with Crippen LogP contribution in [0.3, 0.4) is 0 Å². The third-order valence-electron chi connectivity index (χ3n) is 3.44. The summed E-state index contributed by atoms with van der Waals surface area (Å²) in [7, 11) is 0. The highest BCUT2D eigenvalue weighted by Gasteiger charge is 2.20. The third kappa shape index (κ3) is 3.81. The van der Waals surface area contributed by atoms with Crippen molar-refractivity contribution >= 4 is 23.2 Å². The van der Waals surface area contributed by atoms with Gasteiger partial charge in [0.25, 0.3) is 0 Å². The minimum Gasteiger partial charge on any atom is -0.326 e. The van der Waals surface area contributed by atoms with Gasteiger partial charge in [-0.3, -0.25) is 9.59 Å². The van der Waals surface area contributed by atoms with Crippen molar-refractivity contribution in [2.45, 2.75) is 39.2 Å². The van der Waals surface area contributed by atoms with E-state index in [1.165, 1.54) is 6.92 Å². The Morgan fingerprint density at radius 3 is 2.70 bits per heavy atom. The van der Waals surface area contributed by atoms with E-state index in [9.17, 15) is 9.59 Å². The maximum Gasteiger partial charge on any atom is 0.241 e. The predicted molar refractivity (Wildman–Crippen MR) is 79.8 cm³/mol. The number of hydrogen-bond acceptors (Lipinski definition) is 3. The number of amides is 2. The number of hydrogen-bond donors (Lipinski definition) is 3. The van der Waals surface area contributed by atoms with E-state index >= 15 is 0 Å². The smallest absolute Gasteiger partial charge is 0.241 e. The van der Waals surface area contributed by atoms with Gasteiger partial charge in [-0.2, -0.15) is 0 Å². The summed E-state index contributed by atoms with van der Waals surface area (Å²) in [5, 5.41) is 8.88. The molecule has 0 bridgehead atoms. The Bertz CT molecular complexity index is 508. The highest BCUT2D eigenvalue weighted by atomic mass is 16.2. The molecule has 20 heavy (non-hydrogen) atoms. The van der Waals surface area contributed by atoms with E-state index in [0.717, 1.165) is 37.1 Å². The summed E-state index contributed by atoms with van der Waals surface area (Å²) >= 11 is 0. The molecule has 108 valence electrons. The lowest BCUT2D eigenvalue weighted by molar-refractivity contribution is -0.118. The highest BCUT2D eigenvalue weighted by molar-refractivity contribution is 5.96. The molecule has 1 aromatic carbocycles. The predicted octanol–water partition coefficient (Wildman–Crippen LogP) is 2.03. The Morgan fingerprint density at radius 2 is 2.05 bits per heavy atom. The highest BCUT2D eigenvalue weighted by Crippen LogP contribution is 2.21. The molecule has 1 aliphatic heterocycles. The van der Waals surface area contributed by atoms with Crippen LogP contribution >= 0.6 is 0 Å². The summed E-state index contributed by atoms with van der Waals surface area (Å²) in [6.45, 7) is 4.28. The second-order valence-corrected chi connectivity index (χ2v) is 5.20. The minimum absolute atomic E-state index is 0.0117. The summed E-state index contributed by atoms with van der Waals surface area (Å²) in [5.74, 6) is -0.132. The van der Waals surface area contributed by atoms with Crippen LogP contribution in [0.5, 0.6) is 0 Å². The molecule has 5 heteroatoms. The van der Waals surface area contributed by atoms with Crippen molar-refractivity contribution in [1.82, 2.24) is 5.32 Å². The summed E-state index contributed by atoms with van der Waals surface area (Å²) in [6, 6.07) is 5.41. The van der Waals surface area contributed by atoms with Crippen molar-refractivity contribution in [2.24, 2.45) is 0 Å². The summed E-state index contributed by atoms with van der Waals surface area (Å²) in [5.41, 5.74) is 2.40. The van der Waals surface area contributed by atoms with Crippen molar-refractivity contribution in [2.75, 3.05) is 17.2 Å². The first-order valence-corrected chi connectivity index (χ1v) is 6.99. The zero-order valence-electron chi connectivity index (χ0n) is 12.0. The molecule has 1 aromatic rings. The van der Waals surface area contributed by atoms with Crippen LogP contribution in [0, 0.1) is 6.92 Å². The average Bonchev–Trinajstić information content (AvgIpc) is 2.43. The Labute approximate surface area is 119 Å². The Hall–Kier alpha value is -1.88. The molecule has 2 rings (SSSR count). The topological polar surface area (TPSA) is 70.2 Å². The number of piperidine rings is 1. The fourth-order valence-corrected chi connectivity index (χ4v) is 2.33. The lowest BCUT2D eigenvalue weighted by Crippen LogP contribution is -2.43. The third-order valence-corrected chi connectivity index (χ3v) is 3.44. The molecule has 1 saturated heterocycles. The zero-order valence-corrected chi connectivity index (χ0v) is 12.0. The number of anilines is 2. The van der Waals surface area contributed by atoms with E-state index in [1.54, 1.807) is 6.07 Å². The van der Waals surface area contributed by atoms with Crippen LogP contribution in [-0.2, 0) is 9.59 Å². The molecule has 0 unspecified atom stereocenters. The first-order chi connectivity index (χ1) is 9.56. The van der Waals surface area contributed by atoms with Crippen molar-refractivity contribution in [3.8, 4) is 0 Å². The number of carbonyl (C=O) groups excluding carboxylic acids is 2. The molecule has 2 amide bonds. The van der Waals surface area contributed by atoms with Crippen LogP contribution in [0.25, 0.3) is 0 Å². The zero-order chi connectivity index (χ0) is 14.5. The molecule has 0 aliphatic carbocycles. The van der Waals surface area contributed by atoms with Crippen LogP contribution < -0.4 is 16.0 Å². The molecular weight excluding hydrogens is 254 g/mol. The molecule has 0 saturated carbocycles. The molecule has 0 radical (unpaired) electrons. The van der Waals surface area contributed by atoms with Gasteiger partial charge in [-0.1, -0.05) is 12.5 Å². The SMILES string of the molecule is CC(=O)Nc1cc(NC(=O)[C@H]2CCCCN2)ccc1C. The van der Waals surface area contributed by atoms with Gasteiger partial charge in [0, 0.05) is 18.3 Å². The van der Waals surface area contributed by atoms with Crippen LogP contribution in [0.1, 0.15) is 31.7 Å². The van der Waals surface area contributed by atoms with E-state index in [1.807, 2.05) is 19.1 Å². The molecule has 0 spiro atoms. The number of carbonyl (C=O) groups is 2. The molecule has 3 N–H and O–H groups in total. The van der Waals surface area contributed by atoms with E-state index in [4.69, 9.17) is 0 Å².